The molecule has 3 aliphatic heterocycles. The largest absolute Gasteiger partial charge is 0.359 e. The highest BCUT2D eigenvalue weighted by Gasteiger charge is 2.50. The van der Waals surface area contributed by atoms with Crippen molar-refractivity contribution in [3.8, 4) is 0 Å². The van der Waals surface area contributed by atoms with E-state index in [2.05, 4.69) is 89.0 Å². The minimum absolute atomic E-state index is 0.0391. The summed E-state index contributed by atoms with van der Waals surface area (Å²) in [7, 11) is 0. The minimum atomic E-state index is -0.0391. The van der Waals surface area contributed by atoms with Gasteiger partial charge >= 0.3 is 0 Å². The van der Waals surface area contributed by atoms with Crippen LogP contribution in [0.4, 0.5) is 17.1 Å². The number of aliphatic imine (C=N–C) groups is 1. The normalized spacial score (nSPS) is 26.1. The maximum atomic E-state index is 5.31. The third-order valence-electron chi connectivity index (χ3n) is 8.30. The van der Waals surface area contributed by atoms with Crippen LogP contribution in [-0.2, 0) is 10.8 Å². The van der Waals surface area contributed by atoms with E-state index in [1.54, 1.807) is 5.56 Å². The zero-order valence-electron chi connectivity index (χ0n) is 24.1. The van der Waals surface area contributed by atoms with Crippen molar-refractivity contribution >= 4 is 22.9 Å². The molecule has 0 amide bonds. The van der Waals surface area contributed by atoms with E-state index in [4.69, 9.17) is 4.99 Å². The number of benzene rings is 2. The first-order valence-corrected chi connectivity index (χ1v) is 14.0. The van der Waals surface area contributed by atoms with Crippen LogP contribution in [0.25, 0.3) is 0 Å². The predicted molar refractivity (Wildman–Crippen MR) is 154 cm³/mol. The molecule has 0 saturated carbocycles. The Labute approximate surface area is 214 Å². The highest BCUT2D eigenvalue weighted by atomic mass is 15.4. The summed E-state index contributed by atoms with van der Waals surface area (Å²) in [4.78, 5) is 7.83. The van der Waals surface area contributed by atoms with Gasteiger partial charge in [0.15, 0.2) is 0 Å². The number of rotatable bonds is 1. The first kappa shape index (κ1) is 25.8. The molecular weight excluding hydrogens is 426 g/mol. The Bertz CT molecular complexity index is 1150. The SMILES string of the molecule is CC.CC.CCC1CC2(C)CC(C)(C)c3cc4c(cc32)NC2c3c(cccc31)N=C(C(C)(C)C)N42. The topological polar surface area (TPSA) is 27.6 Å². The second-order valence-corrected chi connectivity index (χ2v) is 12.2. The lowest BCUT2D eigenvalue weighted by Gasteiger charge is -2.40. The van der Waals surface area contributed by atoms with Crippen LogP contribution in [0.3, 0.4) is 0 Å². The molecule has 1 N–H and O–H groups in total. The molecule has 3 nitrogen and oxygen atoms in total. The van der Waals surface area contributed by atoms with Crippen molar-refractivity contribution in [3.63, 3.8) is 0 Å². The van der Waals surface area contributed by atoms with Gasteiger partial charge in [0.05, 0.1) is 17.1 Å². The predicted octanol–water partition coefficient (Wildman–Crippen LogP) is 9.60. The molecule has 0 fully saturated rings. The van der Waals surface area contributed by atoms with Crippen LogP contribution >= 0.6 is 0 Å². The summed E-state index contributed by atoms with van der Waals surface area (Å²) < 4.78 is 0. The standard InChI is InChI=1S/C28H35N3.2C2H6/c1-8-16-14-28(7)15-27(5,6)18-13-22-21(12-19(18)28)29-24-23-17(16)10-9-11-20(23)30-25(31(22)24)26(2,3)4;2*1-2/h9-13,16,24,29H,8,14-15H2,1-7H3;2*1-2H3. The van der Waals surface area contributed by atoms with E-state index in [0.717, 1.165) is 12.1 Å². The van der Waals surface area contributed by atoms with Gasteiger partial charge in [-0.3, -0.25) is 0 Å². The summed E-state index contributed by atoms with van der Waals surface area (Å²) in [6, 6.07) is 11.8. The van der Waals surface area contributed by atoms with Crippen molar-refractivity contribution in [3.05, 3.63) is 52.6 Å². The molecule has 3 atom stereocenters. The maximum Gasteiger partial charge on any atom is 0.134 e. The number of hydrogen-bond acceptors (Lipinski definition) is 3. The molecule has 0 spiro atoms. The Balaban J connectivity index is 0.000000689. The van der Waals surface area contributed by atoms with E-state index in [9.17, 15) is 0 Å². The van der Waals surface area contributed by atoms with Crippen molar-refractivity contribution < 1.29 is 0 Å². The van der Waals surface area contributed by atoms with Crippen molar-refractivity contribution in [1.29, 1.82) is 0 Å². The molecular formula is C32H47N3. The summed E-state index contributed by atoms with van der Waals surface area (Å²) in [5.74, 6) is 1.71. The van der Waals surface area contributed by atoms with Gasteiger partial charge in [0, 0.05) is 11.0 Å². The lowest BCUT2D eigenvalue weighted by molar-refractivity contribution is 0.327. The zero-order valence-corrected chi connectivity index (χ0v) is 24.1. The third-order valence-corrected chi connectivity index (χ3v) is 8.30. The van der Waals surface area contributed by atoms with E-state index in [1.807, 2.05) is 27.7 Å². The molecule has 35 heavy (non-hydrogen) atoms. The van der Waals surface area contributed by atoms with Gasteiger partial charge in [0.25, 0.3) is 0 Å². The molecule has 3 bridgehead atoms. The average Bonchev–Trinajstić information content (AvgIpc) is 3.29. The molecule has 0 radical (unpaired) electrons. The molecule has 3 unspecified atom stereocenters. The van der Waals surface area contributed by atoms with Crippen molar-refractivity contribution in [2.75, 3.05) is 10.2 Å². The minimum Gasteiger partial charge on any atom is -0.359 e. The van der Waals surface area contributed by atoms with E-state index >= 15 is 0 Å². The first-order chi connectivity index (χ1) is 16.5. The van der Waals surface area contributed by atoms with Crippen molar-refractivity contribution in [2.45, 2.75) is 118 Å². The van der Waals surface area contributed by atoms with Crippen LogP contribution in [0.5, 0.6) is 0 Å². The van der Waals surface area contributed by atoms with Gasteiger partial charge in [0.1, 0.15) is 12.0 Å². The number of nitrogens with one attached hydrogen (secondary N) is 1. The molecule has 2 aromatic carbocycles. The smallest absolute Gasteiger partial charge is 0.134 e. The molecule has 0 aromatic heterocycles. The number of nitrogens with zero attached hydrogens (tertiary/aromatic N) is 2. The van der Waals surface area contributed by atoms with Crippen molar-refractivity contribution in [2.24, 2.45) is 10.4 Å². The second kappa shape index (κ2) is 8.68. The van der Waals surface area contributed by atoms with Crippen molar-refractivity contribution in [1.82, 2.24) is 0 Å². The molecule has 3 heterocycles. The summed E-state index contributed by atoms with van der Waals surface area (Å²) in [6.45, 7) is 24.6. The van der Waals surface area contributed by atoms with E-state index in [0.29, 0.717) is 5.92 Å². The quantitative estimate of drug-likeness (QED) is 0.446. The van der Waals surface area contributed by atoms with Gasteiger partial charge in [-0.25, -0.2) is 4.99 Å². The maximum absolute atomic E-state index is 5.31. The Morgan fingerprint density at radius 3 is 2.34 bits per heavy atom. The average molecular weight is 474 g/mol. The molecule has 190 valence electrons. The van der Waals surface area contributed by atoms with E-state index < -0.39 is 0 Å². The highest BCUT2D eigenvalue weighted by Crippen LogP contribution is 2.60. The molecule has 4 aliphatic rings. The zero-order chi connectivity index (χ0) is 25.9. The fourth-order valence-corrected chi connectivity index (χ4v) is 7.14. The monoisotopic (exact) mass is 473 g/mol. The van der Waals surface area contributed by atoms with Crippen LogP contribution < -0.4 is 10.2 Å². The van der Waals surface area contributed by atoms with Crippen LogP contribution in [0.2, 0.25) is 0 Å². The summed E-state index contributed by atoms with van der Waals surface area (Å²) in [5.41, 5.74) is 10.1. The van der Waals surface area contributed by atoms with E-state index in [1.165, 1.54) is 46.7 Å². The van der Waals surface area contributed by atoms with Gasteiger partial charge in [0.2, 0.25) is 0 Å². The fourth-order valence-electron chi connectivity index (χ4n) is 7.14. The molecule has 0 saturated heterocycles. The number of fused-ring (bicyclic) bond motifs is 1. The molecule has 2 aromatic rings. The number of hydrogen-bond donors (Lipinski definition) is 1. The summed E-state index contributed by atoms with van der Waals surface area (Å²) in [5, 5.41) is 3.95. The molecule has 6 rings (SSSR count). The summed E-state index contributed by atoms with van der Waals surface area (Å²) >= 11 is 0. The van der Waals surface area contributed by atoms with Gasteiger partial charge in [-0.15, -0.1) is 0 Å². The van der Waals surface area contributed by atoms with Crippen LogP contribution in [0.15, 0.2) is 35.3 Å². The number of amidine groups is 1. The molecule has 3 heteroatoms. The summed E-state index contributed by atoms with van der Waals surface area (Å²) in [6.07, 6.45) is 3.72. The fraction of sp³-hybridized carbons (Fsp3) is 0.594. The highest BCUT2D eigenvalue weighted by molar-refractivity contribution is 6.09. The third kappa shape index (κ3) is 3.72. The van der Waals surface area contributed by atoms with Gasteiger partial charge in [-0.2, -0.15) is 0 Å². The van der Waals surface area contributed by atoms with Crippen LogP contribution in [-0.4, -0.2) is 5.84 Å². The van der Waals surface area contributed by atoms with Gasteiger partial charge < -0.3 is 10.2 Å². The second-order valence-electron chi connectivity index (χ2n) is 12.2. The lowest BCUT2D eigenvalue weighted by atomic mass is 9.71. The van der Waals surface area contributed by atoms with E-state index in [-0.39, 0.29) is 22.4 Å². The van der Waals surface area contributed by atoms with Gasteiger partial charge in [-0.1, -0.05) is 88.3 Å². The van der Waals surface area contributed by atoms with Crippen LogP contribution in [0, 0.1) is 5.41 Å². The number of anilines is 2. The van der Waals surface area contributed by atoms with Crippen LogP contribution in [0.1, 0.15) is 130 Å². The Kier molecular flexibility index (Phi) is 6.39. The Morgan fingerprint density at radius 2 is 1.71 bits per heavy atom. The Hall–Kier alpha value is -2.29. The molecule has 1 aliphatic carbocycles. The first-order valence-electron chi connectivity index (χ1n) is 14.0. The van der Waals surface area contributed by atoms with Gasteiger partial charge in [-0.05, 0) is 70.9 Å². The Morgan fingerprint density at radius 1 is 1.03 bits per heavy atom. The lowest BCUT2D eigenvalue weighted by Crippen LogP contribution is -2.44.